The zero-order valence-electron chi connectivity index (χ0n) is 18.5. The van der Waals surface area contributed by atoms with Crippen LogP contribution in [0.2, 0.25) is 0 Å². The lowest BCUT2D eigenvalue weighted by Gasteiger charge is -2.13. The number of carbonyl (C=O) groups is 1. The second-order valence-corrected chi connectivity index (χ2v) is 8.08. The molecule has 1 amide bonds. The Labute approximate surface area is 202 Å². The van der Waals surface area contributed by atoms with Crippen molar-refractivity contribution < 1.29 is 31.5 Å². The third-order valence-electron chi connectivity index (χ3n) is 4.70. The number of hydrogen-bond donors (Lipinski definition) is 3. The second kappa shape index (κ2) is 10.3. The first-order chi connectivity index (χ1) is 16.8. The Balaban J connectivity index is 1.71. The van der Waals surface area contributed by atoms with Gasteiger partial charge in [0, 0.05) is 31.3 Å². The second-order valence-electron chi connectivity index (χ2n) is 7.22. The van der Waals surface area contributed by atoms with Crippen LogP contribution < -0.4 is 26.6 Å². The molecule has 3 N–H and O–H groups in total. The van der Waals surface area contributed by atoms with Crippen LogP contribution in [0.25, 0.3) is 11.3 Å². The molecule has 192 valence electrons. The molecule has 0 saturated heterocycles. The molecule has 3 rings (SSSR count). The van der Waals surface area contributed by atoms with Gasteiger partial charge in [-0.05, 0) is 12.1 Å². The molecule has 0 aliphatic rings. The number of nitrogens with zero attached hydrogens (tertiary/aromatic N) is 3. The van der Waals surface area contributed by atoms with E-state index in [9.17, 15) is 36.3 Å². The minimum absolute atomic E-state index is 0.0238. The summed E-state index contributed by atoms with van der Waals surface area (Å²) in [4.78, 5) is 40.6. The summed E-state index contributed by atoms with van der Waals surface area (Å²) in [5, 5.41) is 13.8. The molecular weight excluding hydrogens is 515 g/mol. The highest BCUT2D eigenvalue weighted by molar-refractivity contribution is 7.14. The fraction of sp³-hybridized carbons (Fsp3) is 0.250. The number of halogens is 5. The minimum atomic E-state index is -4.78. The molecule has 36 heavy (non-hydrogen) atoms. The summed E-state index contributed by atoms with van der Waals surface area (Å²) in [5.41, 5.74) is -1.67. The molecule has 2 aromatic heterocycles. The van der Waals surface area contributed by atoms with Crippen LogP contribution in [0.15, 0.2) is 27.1 Å². The van der Waals surface area contributed by atoms with E-state index in [0.29, 0.717) is 0 Å². The highest BCUT2D eigenvalue weighted by atomic mass is 32.1. The number of ether oxygens (including phenoxy) is 1. The van der Waals surface area contributed by atoms with E-state index in [0.717, 1.165) is 38.8 Å². The number of hydrogen-bond acceptors (Lipinski definition) is 8. The molecule has 16 heteroatoms. The summed E-state index contributed by atoms with van der Waals surface area (Å²) < 4.78 is 71.1. The molecule has 0 aliphatic carbocycles. The Morgan fingerprint density at radius 3 is 2.42 bits per heavy atom. The van der Waals surface area contributed by atoms with E-state index < -0.39 is 53.9 Å². The maximum atomic E-state index is 14.1. The summed E-state index contributed by atoms with van der Waals surface area (Å²) in [6.07, 6.45) is -3.99. The molecule has 0 aliphatic heterocycles. The van der Waals surface area contributed by atoms with Crippen molar-refractivity contribution in [3.8, 4) is 17.0 Å². The molecule has 0 radical (unpaired) electrons. The van der Waals surface area contributed by atoms with Crippen molar-refractivity contribution in [1.29, 1.82) is 5.41 Å². The van der Waals surface area contributed by atoms with E-state index >= 15 is 0 Å². The van der Waals surface area contributed by atoms with E-state index in [-0.39, 0.29) is 27.8 Å². The maximum absolute atomic E-state index is 14.1. The largest absolute Gasteiger partial charge is 0.478 e. The lowest BCUT2D eigenvalue weighted by molar-refractivity contribution is -0.154. The number of rotatable bonds is 8. The van der Waals surface area contributed by atoms with E-state index in [2.05, 4.69) is 20.4 Å². The zero-order valence-corrected chi connectivity index (χ0v) is 19.3. The van der Waals surface area contributed by atoms with Gasteiger partial charge in [0.2, 0.25) is 5.91 Å². The van der Waals surface area contributed by atoms with Gasteiger partial charge in [-0.15, -0.1) is 11.3 Å². The Kier molecular flexibility index (Phi) is 7.57. The van der Waals surface area contributed by atoms with Crippen molar-refractivity contribution in [2.45, 2.75) is 6.18 Å². The molecule has 0 spiro atoms. The molecule has 1 aromatic carbocycles. The minimum Gasteiger partial charge on any atom is -0.478 e. The standard InChI is InChI=1S/C20H17F5N6O4S/c1-30-13(5-26)15(17(33)31(2)19(30)34)27-6-14(32)29-18-28-12(7-36-18)9-3-10(21)16(11(22)4-9)35-8-20(23,24)25/h3-5,7,26-27H,6,8H2,1-2H3,(H,28,29,32). The van der Waals surface area contributed by atoms with Crippen molar-refractivity contribution >= 4 is 34.3 Å². The maximum Gasteiger partial charge on any atom is 0.422 e. The van der Waals surface area contributed by atoms with Gasteiger partial charge < -0.3 is 20.8 Å². The van der Waals surface area contributed by atoms with Gasteiger partial charge in [-0.25, -0.2) is 18.6 Å². The zero-order chi connectivity index (χ0) is 26.8. The Hall–Kier alpha value is -4.08. The average Bonchev–Trinajstić information content (AvgIpc) is 3.26. The van der Waals surface area contributed by atoms with Gasteiger partial charge in [-0.1, -0.05) is 0 Å². The van der Waals surface area contributed by atoms with Crippen molar-refractivity contribution in [3.05, 3.63) is 55.7 Å². The van der Waals surface area contributed by atoms with Crippen LogP contribution in [0.4, 0.5) is 32.8 Å². The van der Waals surface area contributed by atoms with Crippen LogP contribution in [0.1, 0.15) is 5.69 Å². The molecule has 0 fully saturated rings. The molecule has 3 aromatic rings. The smallest absolute Gasteiger partial charge is 0.422 e. The Morgan fingerprint density at radius 2 is 1.83 bits per heavy atom. The number of nitrogens with one attached hydrogen (secondary N) is 3. The molecule has 0 atom stereocenters. The van der Waals surface area contributed by atoms with Gasteiger partial charge in [0.15, 0.2) is 29.1 Å². The number of thiazole rings is 1. The van der Waals surface area contributed by atoms with Crippen molar-refractivity contribution in [2.24, 2.45) is 14.1 Å². The van der Waals surface area contributed by atoms with Crippen molar-refractivity contribution in [1.82, 2.24) is 14.1 Å². The monoisotopic (exact) mass is 532 g/mol. The Bertz CT molecular complexity index is 1420. The van der Waals surface area contributed by atoms with Gasteiger partial charge in [0.05, 0.1) is 17.9 Å². The van der Waals surface area contributed by atoms with Crippen LogP contribution in [0.5, 0.6) is 5.75 Å². The van der Waals surface area contributed by atoms with Crippen LogP contribution in [0.3, 0.4) is 0 Å². The van der Waals surface area contributed by atoms with E-state index in [1.165, 1.54) is 19.5 Å². The van der Waals surface area contributed by atoms with Crippen molar-refractivity contribution in [3.63, 3.8) is 0 Å². The molecule has 0 unspecified atom stereocenters. The first kappa shape index (κ1) is 26.5. The summed E-state index contributed by atoms with van der Waals surface area (Å²) in [5.74, 6) is -4.58. The highest BCUT2D eigenvalue weighted by Gasteiger charge is 2.30. The van der Waals surface area contributed by atoms with Crippen LogP contribution in [0, 0.1) is 17.0 Å². The fourth-order valence-corrected chi connectivity index (χ4v) is 3.73. The number of amides is 1. The highest BCUT2D eigenvalue weighted by Crippen LogP contribution is 2.31. The summed E-state index contributed by atoms with van der Waals surface area (Å²) in [6, 6.07) is 1.48. The number of benzene rings is 1. The molecular formula is C20H17F5N6O4S. The van der Waals surface area contributed by atoms with Gasteiger partial charge in [-0.2, -0.15) is 13.2 Å². The van der Waals surface area contributed by atoms with Gasteiger partial charge in [0.1, 0.15) is 5.69 Å². The average molecular weight is 532 g/mol. The predicted octanol–water partition coefficient (Wildman–Crippen LogP) is 2.48. The Morgan fingerprint density at radius 1 is 1.19 bits per heavy atom. The third kappa shape index (κ3) is 5.76. The summed E-state index contributed by atoms with van der Waals surface area (Å²) >= 11 is 0.898. The summed E-state index contributed by atoms with van der Waals surface area (Å²) in [7, 11) is 2.59. The fourth-order valence-electron chi connectivity index (χ4n) is 2.99. The quantitative estimate of drug-likeness (QED) is 0.302. The lowest BCUT2D eigenvalue weighted by atomic mass is 10.1. The lowest BCUT2D eigenvalue weighted by Crippen LogP contribution is -2.41. The SMILES string of the molecule is Cn1c(C=N)c(NCC(=O)Nc2nc(-c3cc(F)c(OCC(F)(F)F)c(F)c3)cs2)c(=O)n(C)c1=O. The number of anilines is 2. The molecule has 2 heterocycles. The normalized spacial score (nSPS) is 11.3. The van der Waals surface area contributed by atoms with Gasteiger partial charge in [0.25, 0.3) is 5.56 Å². The third-order valence-corrected chi connectivity index (χ3v) is 5.45. The molecule has 0 bridgehead atoms. The van der Waals surface area contributed by atoms with Crippen LogP contribution in [-0.4, -0.2) is 45.6 Å². The van der Waals surface area contributed by atoms with Crippen LogP contribution >= 0.6 is 11.3 Å². The first-order valence-corrected chi connectivity index (χ1v) is 10.7. The van der Waals surface area contributed by atoms with Crippen LogP contribution in [-0.2, 0) is 18.9 Å². The van der Waals surface area contributed by atoms with Crippen molar-refractivity contribution in [2.75, 3.05) is 23.8 Å². The van der Waals surface area contributed by atoms with E-state index in [4.69, 9.17) is 5.41 Å². The first-order valence-electron chi connectivity index (χ1n) is 9.81. The van der Waals surface area contributed by atoms with E-state index in [1.807, 2.05) is 0 Å². The van der Waals surface area contributed by atoms with E-state index in [1.54, 1.807) is 0 Å². The predicted molar refractivity (Wildman–Crippen MR) is 121 cm³/mol. The molecule has 0 saturated carbocycles. The number of aromatic nitrogens is 3. The van der Waals surface area contributed by atoms with Gasteiger partial charge >= 0.3 is 11.9 Å². The number of carbonyl (C=O) groups excluding carboxylic acids is 1. The van der Waals surface area contributed by atoms with Gasteiger partial charge in [-0.3, -0.25) is 18.7 Å². The summed E-state index contributed by atoms with van der Waals surface area (Å²) in [6.45, 7) is -2.31. The number of alkyl halides is 3. The molecule has 10 nitrogen and oxygen atoms in total. The topological polar surface area (TPSA) is 131 Å².